The first-order chi connectivity index (χ1) is 15.3. The number of anilines is 2. The standard InChI is InChI=1S/C25H25N3O4/c1-15-7-5-8-16(2)22(15)27-25(32)26-20-14-18-10-4-3-9-17(18)13-19(20)23(29)28-12-6-11-21(28)24(30)31/h3-5,7-10,13-14,21H,6,11-12H2,1-2H3,(H,30,31)(H2,26,27,32)/t21-/m0/s1. The second-order valence-electron chi connectivity index (χ2n) is 8.09. The quantitative estimate of drug-likeness (QED) is 0.553. The van der Waals surface area contributed by atoms with Crippen LogP contribution in [0, 0.1) is 13.8 Å². The number of nitrogens with zero attached hydrogens (tertiary/aromatic N) is 1. The lowest BCUT2D eigenvalue weighted by molar-refractivity contribution is -0.141. The van der Waals surface area contributed by atoms with Gasteiger partial charge in [-0.15, -0.1) is 0 Å². The molecule has 0 aromatic heterocycles. The number of aryl methyl sites for hydroxylation is 2. The summed E-state index contributed by atoms with van der Waals surface area (Å²) in [6.07, 6.45) is 1.05. The van der Waals surface area contributed by atoms with E-state index in [1.54, 1.807) is 12.1 Å². The van der Waals surface area contributed by atoms with Gasteiger partial charge in [0.15, 0.2) is 0 Å². The van der Waals surface area contributed by atoms with Crippen molar-refractivity contribution in [3.8, 4) is 0 Å². The van der Waals surface area contributed by atoms with Crippen LogP contribution in [0.4, 0.5) is 16.2 Å². The fourth-order valence-electron chi connectivity index (χ4n) is 4.22. The number of carboxylic acids is 1. The molecule has 164 valence electrons. The van der Waals surface area contributed by atoms with Gasteiger partial charge in [0.25, 0.3) is 5.91 Å². The van der Waals surface area contributed by atoms with Gasteiger partial charge in [0.1, 0.15) is 6.04 Å². The Balaban J connectivity index is 1.69. The first-order valence-electron chi connectivity index (χ1n) is 10.6. The highest BCUT2D eigenvalue weighted by Crippen LogP contribution is 2.29. The second-order valence-corrected chi connectivity index (χ2v) is 8.09. The molecule has 4 rings (SSSR count). The predicted octanol–water partition coefficient (Wildman–Crippen LogP) is 4.79. The Morgan fingerprint density at radius 3 is 2.25 bits per heavy atom. The van der Waals surface area contributed by atoms with Crippen LogP contribution in [0.5, 0.6) is 0 Å². The number of carbonyl (C=O) groups excluding carboxylic acids is 2. The maximum absolute atomic E-state index is 13.4. The molecule has 1 saturated heterocycles. The van der Waals surface area contributed by atoms with Crippen molar-refractivity contribution in [1.29, 1.82) is 0 Å². The molecule has 3 aromatic carbocycles. The minimum Gasteiger partial charge on any atom is -0.480 e. The highest BCUT2D eigenvalue weighted by molar-refractivity contribution is 6.10. The average molecular weight is 431 g/mol. The van der Waals surface area contributed by atoms with E-state index >= 15 is 0 Å². The van der Waals surface area contributed by atoms with E-state index in [1.807, 2.05) is 56.3 Å². The smallest absolute Gasteiger partial charge is 0.326 e. The number of aliphatic carboxylic acids is 1. The minimum atomic E-state index is -1.01. The number of hydrogen-bond acceptors (Lipinski definition) is 3. The SMILES string of the molecule is Cc1cccc(C)c1NC(=O)Nc1cc2ccccc2cc1C(=O)N1CCC[C@H]1C(=O)O. The highest BCUT2D eigenvalue weighted by Gasteiger charge is 2.35. The minimum absolute atomic E-state index is 0.272. The number of likely N-dealkylation sites (tertiary alicyclic amines) is 1. The molecule has 1 fully saturated rings. The number of carboxylic acid groups (broad SMARTS) is 1. The Morgan fingerprint density at radius 1 is 0.938 bits per heavy atom. The van der Waals surface area contributed by atoms with E-state index < -0.39 is 23.9 Å². The van der Waals surface area contributed by atoms with Crippen LogP contribution in [0.2, 0.25) is 0 Å². The predicted molar refractivity (Wildman–Crippen MR) is 124 cm³/mol. The van der Waals surface area contributed by atoms with Crippen LogP contribution in [0.25, 0.3) is 10.8 Å². The highest BCUT2D eigenvalue weighted by atomic mass is 16.4. The lowest BCUT2D eigenvalue weighted by atomic mass is 10.0. The summed E-state index contributed by atoms with van der Waals surface area (Å²) in [5.74, 6) is -1.41. The molecule has 0 unspecified atom stereocenters. The molecule has 0 aliphatic carbocycles. The Morgan fingerprint density at radius 2 is 1.59 bits per heavy atom. The normalized spacial score (nSPS) is 15.6. The summed E-state index contributed by atoms with van der Waals surface area (Å²) < 4.78 is 0. The zero-order chi connectivity index (χ0) is 22.8. The first-order valence-corrected chi connectivity index (χ1v) is 10.6. The van der Waals surface area contributed by atoms with E-state index in [2.05, 4.69) is 10.6 Å². The van der Waals surface area contributed by atoms with Crippen molar-refractivity contribution in [1.82, 2.24) is 4.90 Å². The van der Waals surface area contributed by atoms with E-state index in [-0.39, 0.29) is 5.56 Å². The average Bonchev–Trinajstić information content (AvgIpc) is 3.26. The maximum atomic E-state index is 13.4. The Kier molecular flexibility index (Phi) is 5.81. The summed E-state index contributed by atoms with van der Waals surface area (Å²) in [7, 11) is 0. The van der Waals surface area contributed by atoms with Gasteiger partial charge in [0, 0.05) is 12.2 Å². The van der Waals surface area contributed by atoms with Crippen molar-refractivity contribution in [2.24, 2.45) is 0 Å². The van der Waals surface area contributed by atoms with Crippen molar-refractivity contribution in [3.05, 3.63) is 71.3 Å². The number of benzene rings is 3. The molecule has 0 bridgehead atoms. The molecule has 0 saturated carbocycles. The van der Waals surface area contributed by atoms with Crippen molar-refractivity contribution in [3.63, 3.8) is 0 Å². The van der Waals surface area contributed by atoms with Gasteiger partial charge in [-0.1, -0.05) is 42.5 Å². The fourth-order valence-corrected chi connectivity index (χ4v) is 4.22. The Labute approximate surface area is 186 Å². The largest absolute Gasteiger partial charge is 0.480 e. The molecule has 1 aliphatic rings. The second kappa shape index (κ2) is 8.70. The van der Waals surface area contributed by atoms with Crippen LogP contribution in [-0.4, -0.2) is 40.5 Å². The van der Waals surface area contributed by atoms with Gasteiger partial charge in [-0.25, -0.2) is 9.59 Å². The van der Waals surface area contributed by atoms with Crippen LogP contribution in [0.1, 0.15) is 34.3 Å². The molecule has 7 nitrogen and oxygen atoms in total. The van der Waals surface area contributed by atoms with Gasteiger partial charge < -0.3 is 20.6 Å². The molecule has 7 heteroatoms. The number of nitrogens with one attached hydrogen (secondary N) is 2. The van der Waals surface area contributed by atoms with Gasteiger partial charge in [-0.05, 0) is 60.7 Å². The van der Waals surface area contributed by atoms with Gasteiger partial charge in [-0.3, -0.25) is 4.79 Å². The lowest BCUT2D eigenvalue weighted by Gasteiger charge is -2.23. The van der Waals surface area contributed by atoms with Crippen LogP contribution in [0.15, 0.2) is 54.6 Å². The molecular formula is C25H25N3O4. The van der Waals surface area contributed by atoms with Crippen molar-refractivity contribution >= 4 is 40.1 Å². The monoisotopic (exact) mass is 431 g/mol. The van der Waals surface area contributed by atoms with Gasteiger partial charge >= 0.3 is 12.0 Å². The summed E-state index contributed by atoms with van der Waals surface area (Å²) in [4.78, 5) is 39.2. The number of urea groups is 1. The molecule has 0 radical (unpaired) electrons. The number of rotatable bonds is 4. The summed E-state index contributed by atoms with van der Waals surface area (Å²) in [6.45, 7) is 4.19. The summed E-state index contributed by atoms with van der Waals surface area (Å²) in [6, 6.07) is 15.4. The third kappa shape index (κ3) is 4.14. The van der Waals surface area contributed by atoms with E-state index in [0.29, 0.717) is 30.8 Å². The first kappa shape index (κ1) is 21.4. The van der Waals surface area contributed by atoms with Crippen LogP contribution < -0.4 is 10.6 Å². The molecule has 3 aromatic rings. The van der Waals surface area contributed by atoms with E-state index in [1.165, 1.54) is 4.90 Å². The zero-order valence-corrected chi connectivity index (χ0v) is 18.0. The maximum Gasteiger partial charge on any atom is 0.326 e. The molecule has 3 N–H and O–H groups in total. The number of para-hydroxylation sites is 1. The van der Waals surface area contributed by atoms with Crippen LogP contribution in [0.3, 0.4) is 0 Å². The van der Waals surface area contributed by atoms with Crippen molar-refractivity contribution < 1.29 is 19.5 Å². The third-order valence-electron chi connectivity index (χ3n) is 5.88. The summed E-state index contributed by atoms with van der Waals surface area (Å²) >= 11 is 0. The van der Waals surface area contributed by atoms with E-state index in [9.17, 15) is 19.5 Å². The van der Waals surface area contributed by atoms with Gasteiger partial charge in [0.05, 0.1) is 11.3 Å². The number of amides is 3. The third-order valence-corrected chi connectivity index (χ3v) is 5.88. The Bertz CT molecular complexity index is 1200. The molecule has 32 heavy (non-hydrogen) atoms. The molecule has 1 aliphatic heterocycles. The number of hydrogen-bond donors (Lipinski definition) is 3. The van der Waals surface area contributed by atoms with E-state index in [4.69, 9.17) is 0 Å². The number of carbonyl (C=O) groups is 3. The van der Waals surface area contributed by atoms with Gasteiger partial charge in [0.2, 0.25) is 0 Å². The van der Waals surface area contributed by atoms with Crippen LogP contribution >= 0.6 is 0 Å². The fraction of sp³-hybridized carbons (Fsp3) is 0.240. The zero-order valence-electron chi connectivity index (χ0n) is 18.0. The molecule has 0 spiro atoms. The van der Waals surface area contributed by atoms with Crippen molar-refractivity contribution in [2.45, 2.75) is 32.7 Å². The summed E-state index contributed by atoms with van der Waals surface area (Å²) in [5.41, 5.74) is 3.18. The van der Waals surface area contributed by atoms with E-state index in [0.717, 1.165) is 21.9 Å². The lowest BCUT2D eigenvalue weighted by Crippen LogP contribution is -2.40. The molecule has 3 amide bonds. The van der Waals surface area contributed by atoms with Crippen LogP contribution in [-0.2, 0) is 4.79 Å². The summed E-state index contributed by atoms with van der Waals surface area (Å²) in [5, 5.41) is 16.9. The number of fused-ring (bicyclic) bond motifs is 1. The molecule has 1 atom stereocenters. The molecule has 1 heterocycles. The topological polar surface area (TPSA) is 98.7 Å². The molecular weight excluding hydrogens is 406 g/mol. The van der Waals surface area contributed by atoms with Gasteiger partial charge in [-0.2, -0.15) is 0 Å². The van der Waals surface area contributed by atoms with Crippen molar-refractivity contribution in [2.75, 3.05) is 17.2 Å². The Hall–Kier alpha value is -3.87.